The van der Waals surface area contributed by atoms with E-state index in [0.29, 0.717) is 5.56 Å². The van der Waals surface area contributed by atoms with Gasteiger partial charge in [-0.1, -0.05) is 22.0 Å². The molecule has 0 heterocycles. The standard InChI is InChI=1S/C11H13BrO3S/c1-8-3-4-9(12)7-10(8)11(13)5-6-16(2,14)15/h3-4,7H,5-6H2,1-2H3. The molecule has 0 spiro atoms. The van der Waals surface area contributed by atoms with Gasteiger partial charge in [0.05, 0.1) is 5.75 Å². The smallest absolute Gasteiger partial charge is 0.164 e. The molecule has 0 saturated carbocycles. The fourth-order valence-corrected chi connectivity index (χ4v) is 2.22. The first-order valence-corrected chi connectivity index (χ1v) is 7.62. The molecular weight excluding hydrogens is 292 g/mol. The van der Waals surface area contributed by atoms with Gasteiger partial charge >= 0.3 is 0 Å². The van der Waals surface area contributed by atoms with Crippen molar-refractivity contribution in [1.29, 1.82) is 0 Å². The molecule has 1 rings (SSSR count). The molecule has 0 aliphatic rings. The fraction of sp³-hybridized carbons (Fsp3) is 0.364. The lowest BCUT2D eigenvalue weighted by atomic mass is 10.0. The summed E-state index contributed by atoms with van der Waals surface area (Å²) < 4.78 is 22.7. The van der Waals surface area contributed by atoms with E-state index >= 15 is 0 Å². The van der Waals surface area contributed by atoms with Crippen LogP contribution in [0, 0.1) is 6.92 Å². The van der Waals surface area contributed by atoms with E-state index in [-0.39, 0.29) is 18.0 Å². The second-order valence-corrected chi connectivity index (χ2v) is 6.94. The maximum atomic E-state index is 11.8. The van der Waals surface area contributed by atoms with Crippen LogP contribution in [0.5, 0.6) is 0 Å². The van der Waals surface area contributed by atoms with Crippen LogP contribution in [0.15, 0.2) is 22.7 Å². The normalized spacial score (nSPS) is 11.4. The Morgan fingerprint density at radius 1 is 1.38 bits per heavy atom. The van der Waals surface area contributed by atoms with E-state index in [4.69, 9.17) is 0 Å². The Balaban J connectivity index is 2.85. The Labute approximate surface area is 104 Å². The summed E-state index contributed by atoms with van der Waals surface area (Å²) in [5.41, 5.74) is 1.44. The minimum atomic E-state index is -3.08. The second kappa shape index (κ2) is 5.10. The Bertz CT molecular complexity index is 506. The zero-order valence-corrected chi connectivity index (χ0v) is 11.6. The molecule has 0 aliphatic heterocycles. The highest BCUT2D eigenvalue weighted by Gasteiger charge is 2.12. The molecular formula is C11H13BrO3S. The fourth-order valence-electron chi connectivity index (χ4n) is 1.31. The molecule has 0 radical (unpaired) electrons. The van der Waals surface area contributed by atoms with Crippen LogP contribution in [-0.4, -0.2) is 26.2 Å². The first kappa shape index (κ1) is 13.4. The minimum Gasteiger partial charge on any atom is -0.294 e. The summed E-state index contributed by atoms with van der Waals surface area (Å²) in [5.74, 6) is -0.234. The molecule has 1 aromatic rings. The van der Waals surface area contributed by atoms with Crippen molar-refractivity contribution in [3.05, 3.63) is 33.8 Å². The van der Waals surface area contributed by atoms with Crippen molar-refractivity contribution < 1.29 is 13.2 Å². The average molecular weight is 305 g/mol. The van der Waals surface area contributed by atoms with Gasteiger partial charge in [-0.25, -0.2) is 8.42 Å². The van der Waals surface area contributed by atoms with Gasteiger partial charge in [-0.2, -0.15) is 0 Å². The van der Waals surface area contributed by atoms with Crippen LogP contribution in [0.1, 0.15) is 22.3 Å². The summed E-state index contributed by atoms with van der Waals surface area (Å²) in [7, 11) is -3.08. The molecule has 88 valence electrons. The topological polar surface area (TPSA) is 51.2 Å². The number of ketones is 1. The molecule has 16 heavy (non-hydrogen) atoms. The summed E-state index contributed by atoms with van der Waals surface area (Å²) >= 11 is 3.28. The molecule has 3 nitrogen and oxygen atoms in total. The first-order valence-electron chi connectivity index (χ1n) is 4.76. The monoisotopic (exact) mass is 304 g/mol. The lowest BCUT2D eigenvalue weighted by Gasteiger charge is -2.05. The van der Waals surface area contributed by atoms with Crippen molar-refractivity contribution >= 4 is 31.6 Å². The number of hydrogen-bond donors (Lipinski definition) is 0. The van der Waals surface area contributed by atoms with Crippen LogP contribution in [0.4, 0.5) is 0 Å². The summed E-state index contributed by atoms with van der Waals surface area (Å²) in [4.78, 5) is 11.8. The van der Waals surface area contributed by atoms with Gasteiger partial charge in [-0.05, 0) is 24.6 Å². The Kier molecular flexibility index (Phi) is 4.27. The lowest BCUT2D eigenvalue weighted by molar-refractivity contribution is 0.0988. The largest absolute Gasteiger partial charge is 0.294 e. The third-order valence-corrected chi connectivity index (χ3v) is 3.64. The van der Waals surface area contributed by atoms with E-state index in [9.17, 15) is 13.2 Å². The average Bonchev–Trinajstić information content (AvgIpc) is 2.17. The van der Waals surface area contributed by atoms with E-state index < -0.39 is 9.84 Å². The van der Waals surface area contributed by atoms with Crippen LogP contribution in [0.2, 0.25) is 0 Å². The highest BCUT2D eigenvalue weighted by Crippen LogP contribution is 2.17. The predicted octanol–water partition coefficient (Wildman–Crippen LogP) is 2.37. The number of halogens is 1. The summed E-state index contributed by atoms with van der Waals surface area (Å²) in [6.45, 7) is 1.83. The maximum absolute atomic E-state index is 11.8. The van der Waals surface area contributed by atoms with Gasteiger partial charge < -0.3 is 0 Å². The van der Waals surface area contributed by atoms with Gasteiger partial charge in [0, 0.05) is 22.7 Å². The van der Waals surface area contributed by atoms with Crippen molar-refractivity contribution in [1.82, 2.24) is 0 Å². The summed E-state index contributed by atoms with van der Waals surface area (Å²) in [5, 5.41) is 0. The van der Waals surface area contributed by atoms with E-state index in [1.807, 2.05) is 19.1 Å². The number of hydrogen-bond acceptors (Lipinski definition) is 3. The SMILES string of the molecule is Cc1ccc(Br)cc1C(=O)CCS(C)(=O)=O. The van der Waals surface area contributed by atoms with Crippen LogP contribution in [0.25, 0.3) is 0 Å². The van der Waals surface area contributed by atoms with E-state index in [1.54, 1.807) is 6.07 Å². The zero-order valence-electron chi connectivity index (χ0n) is 9.16. The van der Waals surface area contributed by atoms with Crippen molar-refractivity contribution in [2.45, 2.75) is 13.3 Å². The second-order valence-electron chi connectivity index (χ2n) is 3.76. The molecule has 0 fully saturated rings. The number of Topliss-reactive ketones (excluding diaryl/α,β-unsaturated/α-hetero) is 1. The van der Waals surface area contributed by atoms with Gasteiger partial charge in [0.15, 0.2) is 5.78 Å². The molecule has 0 saturated heterocycles. The van der Waals surface area contributed by atoms with Crippen LogP contribution in [0.3, 0.4) is 0 Å². The Morgan fingerprint density at radius 3 is 2.56 bits per heavy atom. The summed E-state index contributed by atoms with van der Waals surface area (Å²) in [6, 6.07) is 5.40. The predicted molar refractivity (Wildman–Crippen MR) is 67.5 cm³/mol. The van der Waals surface area contributed by atoms with Crippen LogP contribution >= 0.6 is 15.9 Å². The number of carbonyl (C=O) groups excluding carboxylic acids is 1. The van der Waals surface area contributed by atoms with E-state index in [0.717, 1.165) is 16.3 Å². The number of sulfone groups is 1. The van der Waals surface area contributed by atoms with E-state index in [1.165, 1.54) is 0 Å². The van der Waals surface area contributed by atoms with Crippen molar-refractivity contribution in [3.8, 4) is 0 Å². The van der Waals surface area contributed by atoms with Crippen LogP contribution < -0.4 is 0 Å². The third kappa shape index (κ3) is 4.06. The number of carbonyl (C=O) groups is 1. The summed E-state index contributed by atoms with van der Waals surface area (Å²) in [6.07, 6.45) is 1.17. The van der Waals surface area contributed by atoms with Gasteiger partial charge in [0.1, 0.15) is 9.84 Å². The van der Waals surface area contributed by atoms with Gasteiger partial charge in [-0.3, -0.25) is 4.79 Å². The van der Waals surface area contributed by atoms with Gasteiger partial charge in [-0.15, -0.1) is 0 Å². The zero-order chi connectivity index (χ0) is 12.3. The third-order valence-electron chi connectivity index (χ3n) is 2.20. The van der Waals surface area contributed by atoms with Crippen molar-refractivity contribution in [2.24, 2.45) is 0 Å². The van der Waals surface area contributed by atoms with E-state index in [2.05, 4.69) is 15.9 Å². The lowest BCUT2D eigenvalue weighted by Crippen LogP contribution is -2.10. The highest BCUT2D eigenvalue weighted by atomic mass is 79.9. The van der Waals surface area contributed by atoms with Crippen LogP contribution in [-0.2, 0) is 9.84 Å². The molecule has 0 aromatic heterocycles. The molecule has 1 aromatic carbocycles. The molecule has 0 N–H and O–H groups in total. The number of benzene rings is 1. The Hall–Kier alpha value is -0.680. The first-order chi connectivity index (χ1) is 7.29. The van der Waals surface area contributed by atoms with Gasteiger partial charge in [0.25, 0.3) is 0 Å². The molecule has 0 atom stereocenters. The quantitative estimate of drug-likeness (QED) is 0.803. The Morgan fingerprint density at radius 2 is 2.00 bits per heavy atom. The molecule has 0 amide bonds. The molecule has 0 unspecified atom stereocenters. The molecule has 0 aliphatic carbocycles. The minimum absolute atomic E-state index is 0.0378. The molecule has 5 heteroatoms. The highest BCUT2D eigenvalue weighted by molar-refractivity contribution is 9.10. The number of rotatable bonds is 4. The van der Waals surface area contributed by atoms with Crippen molar-refractivity contribution in [3.63, 3.8) is 0 Å². The van der Waals surface area contributed by atoms with Crippen molar-refractivity contribution in [2.75, 3.05) is 12.0 Å². The molecule has 0 bridgehead atoms. The maximum Gasteiger partial charge on any atom is 0.164 e. The van der Waals surface area contributed by atoms with Gasteiger partial charge in [0.2, 0.25) is 0 Å². The number of aryl methyl sites for hydroxylation is 1.